The number of aromatic nitrogens is 3. The van der Waals surface area contributed by atoms with Crippen LogP contribution in [0, 0.1) is 0 Å². The number of thiazole rings is 1. The van der Waals surface area contributed by atoms with Crippen LogP contribution in [-0.2, 0) is 13.5 Å². The van der Waals surface area contributed by atoms with Crippen molar-refractivity contribution >= 4 is 17.2 Å². The van der Waals surface area contributed by atoms with Gasteiger partial charge in [0.05, 0.1) is 22.0 Å². The second-order valence-corrected chi connectivity index (χ2v) is 6.56. The number of carbonyl (C=O) groups is 1. The molecule has 0 radical (unpaired) electrons. The van der Waals surface area contributed by atoms with E-state index in [0.717, 1.165) is 35.7 Å². The Labute approximate surface area is 145 Å². The molecule has 124 valence electrons. The number of nitrogens with one attached hydrogen (secondary N) is 1. The lowest BCUT2D eigenvalue weighted by Crippen LogP contribution is -2.24. The molecule has 0 atom stereocenters. The summed E-state index contributed by atoms with van der Waals surface area (Å²) in [5.41, 5.74) is 2.56. The molecular formula is C18H20N4OS. The zero-order valence-electron chi connectivity index (χ0n) is 13.6. The summed E-state index contributed by atoms with van der Waals surface area (Å²) in [6, 6.07) is 7.67. The third-order valence-electron chi connectivity index (χ3n) is 3.68. The molecule has 1 amide bonds. The Balaban J connectivity index is 1.39. The van der Waals surface area contributed by atoms with Gasteiger partial charge in [-0.05, 0) is 37.5 Å². The normalized spacial score (nSPS) is 10.7. The van der Waals surface area contributed by atoms with Crippen LogP contribution in [0.15, 0.2) is 48.2 Å². The molecule has 5 nitrogen and oxygen atoms in total. The highest BCUT2D eigenvalue weighted by Crippen LogP contribution is 2.20. The number of rotatable bonds is 7. The quantitative estimate of drug-likeness (QED) is 0.671. The molecule has 6 heteroatoms. The SMILES string of the molecule is Cn1ccc(C(=O)NCCCCc2nc(-c3ccccn3)cs2)c1. The van der Waals surface area contributed by atoms with Crippen molar-refractivity contribution < 1.29 is 4.79 Å². The van der Waals surface area contributed by atoms with Gasteiger partial charge in [-0.25, -0.2) is 4.98 Å². The summed E-state index contributed by atoms with van der Waals surface area (Å²) < 4.78 is 1.87. The summed E-state index contributed by atoms with van der Waals surface area (Å²) in [5.74, 6) is -0.0118. The Morgan fingerprint density at radius 3 is 2.92 bits per heavy atom. The molecular weight excluding hydrogens is 320 g/mol. The molecule has 0 fully saturated rings. The number of nitrogens with zero attached hydrogens (tertiary/aromatic N) is 3. The number of hydrogen-bond donors (Lipinski definition) is 1. The third kappa shape index (κ3) is 4.29. The zero-order valence-corrected chi connectivity index (χ0v) is 14.4. The highest BCUT2D eigenvalue weighted by atomic mass is 32.1. The molecule has 0 unspecified atom stereocenters. The number of unbranched alkanes of at least 4 members (excludes halogenated alkanes) is 1. The predicted octanol–water partition coefficient (Wildman–Crippen LogP) is 3.30. The summed E-state index contributed by atoms with van der Waals surface area (Å²) >= 11 is 1.67. The van der Waals surface area contributed by atoms with Gasteiger partial charge in [-0.1, -0.05) is 6.07 Å². The first-order valence-corrected chi connectivity index (χ1v) is 8.86. The van der Waals surface area contributed by atoms with Crippen LogP contribution in [0.25, 0.3) is 11.4 Å². The van der Waals surface area contributed by atoms with E-state index in [1.54, 1.807) is 17.5 Å². The molecule has 3 aromatic heterocycles. The molecule has 1 N–H and O–H groups in total. The summed E-state index contributed by atoms with van der Waals surface area (Å²) in [6.07, 6.45) is 8.35. The van der Waals surface area contributed by atoms with Crippen LogP contribution < -0.4 is 5.32 Å². The maximum atomic E-state index is 11.9. The molecule has 3 rings (SSSR count). The van der Waals surface area contributed by atoms with E-state index in [1.807, 2.05) is 48.3 Å². The minimum absolute atomic E-state index is 0.0118. The van der Waals surface area contributed by atoms with E-state index in [4.69, 9.17) is 0 Å². The summed E-state index contributed by atoms with van der Waals surface area (Å²) in [4.78, 5) is 20.9. The first-order valence-electron chi connectivity index (χ1n) is 7.98. The van der Waals surface area contributed by atoms with Crippen molar-refractivity contribution in [1.29, 1.82) is 0 Å². The van der Waals surface area contributed by atoms with Crippen LogP contribution in [0.3, 0.4) is 0 Å². The van der Waals surface area contributed by atoms with Crippen molar-refractivity contribution in [3.05, 3.63) is 58.8 Å². The maximum Gasteiger partial charge on any atom is 0.252 e. The first-order chi connectivity index (χ1) is 11.7. The molecule has 0 aliphatic carbocycles. The van der Waals surface area contributed by atoms with E-state index >= 15 is 0 Å². The molecule has 0 aliphatic heterocycles. The van der Waals surface area contributed by atoms with E-state index in [0.29, 0.717) is 12.1 Å². The van der Waals surface area contributed by atoms with Crippen LogP contribution in [0.5, 0.6) is 0 Å². The van der Waals surface area contributed by atoms with E-state index < -0.39 is 0 Å². The topological polar surface area (TPSA) is 59.8 Å². The minimum atomic E-state index is -0.0118. The number of aryl methyl sites for hydroxylation is 2. The Morgan fingerprint density at radius 2 is 2.17 bits per heavy atom. The van der Waals surface area contributed by atoms with Crippen molar-refractivity contribution in [2.24, 2.45) is 7.05 Å². The largest absolute Gasteiger partial charge is 0.356 e. The van der Waals surface area contributed by atoms with Gasteiger partial charge < -0.3 is 9.88 Å². The zero-order chi connectivity index (χ0) is 16.8. The fourth-order valence-electron chi connectivity index (χ4n) is 2.40. The van der Waals surface area contributed by atoms with E-state index in [1.165, 1.54) is 0 Å². The van der Waals surface area contributed by atoms with Gasteiger partial charge in [0.25, 0.3) is 5.91 Å². The first kappa shape index (κ1) is 16.4. The molecule has 0 saturated heterocycles. The van der Waals surface area contributed by atoms with Crippen molar-refractivity contribution in [3.8, 4) is 11.4 Å². The highest BCUT2D eigenvalue weighted by molar-refractivity contribution is 7.09. The van der Waals surface area contributed by atoms with Gasteiger partial charge in [0, 0.05) is 37.6 Å². The maximum absolute atomic E-state index is 11.9. The lowest BCUT2D eigenvalue weighted by Gasteiger charge is -2.03. The van der Waals surface area contributed by atoms with Crippen molar-refractivity contribution in [1.82, 2.24) is 19.9 Å². The molecule has 3 heterocycles. The molecule has 0 spiro atoms. The monoisotopic (exact) mass is 340 g/mol. The van der Waals surface area contributed by atoms with Crippen LogP contribution in [0.1, 0.15) is 28.2 Å². The average molecular weight is 340 g/mol. The molecule has 3 aromatic rings. The van der Waals surface area contributed by atoms with Crippen LogP contribution in [-0.4, -0.2) is 27.0 Å². The highest BCUT2D eigenvalue weighted by Gasteiger charge is 2.07. The Kier molecular flexibility index (Phi) is 5.38. The van der Waals surface area contributed by atoms with E-state index in [9.17, 15) is 4.79 Å². The molecule has 0 saturated carbocycles. The summed E-state index contributed by atoms with van der Waals surface area (Å²) in [6.45, 7) is 0.687. The van der Waals surface area contributed by atoms with Gasteiger partial charge in [0.15, 0.2) is 0 Å². The third-order valence-corrected chi connectivity index (χ3v) is 4.58. The second kappa shape index (κ2) is 7.88. The Morgan fingerprint density at radius 1 is 1.25 bits per heavy atom. The standard InChI is InChI=1S/C18H20N4OS/c1-22-11-8-14(12-22)18(23)20-10-5-3-7-17-21-16(13-24-17)15-6-2-4-9-19-15/h2,4,6,8-9,11-13H,3,5,7,10H2,1H3,(H,20,23). The van der Waals surface area contributed by atoms with Gasteiger partial charge in [-0.3, -0.25) is 9.78 Å². The lowest BCUT2D eigenvalue weighted by atomic mass is 10.2. The van der Waals surface area contributed by atoms with Crippen molar-refractivity contribution in [2.45, 2.75) is 19.3 Å². The molecule has 0 aliphatic rings. The molecule has 24 heavy (non-hydrogen) atoms. The minimum Gasteiger partial charge on any atom is -0.356 e. The Bertz CT molecular complexity index is 794. The van der Waals surface area contributed by atoms with Crippen molar-refractivity contribution in [2.75, 3.05) is 6.54 Å². The number of amides is 1. The van der Waals surface area contributed by atoms with Crippen LogP contribution >= 0.6 is 11.3 Å². The van der Waals surface area contributed by atoms with Gasteiger partial charge >= 0.3 is 0 Å². The molecule has 0 bridgehead atoms. The lowest BCUT2D eigenvalue weighted by molar-refractivity contribution is 0.0953. The van der Waals surface area contributed by atoms with Gasteiger partial charge in [-0.2, -0.15) is 0 Å². The smallest absolute Gasteiger partial charge is 0.252 e. The Hall–Kier alpha value is -2.47. The van der Waals surface area contributed by atoms with Crippen LogP contribution in [0.2, 0.25) is 0 Å². The fraction of sp³-hybridized carbons (Fsp3) is 0.278. The second-order valence-electron chi connectivity index (χ2n) is 5.62. The van der Waals surface area contributed by atoms with Gasteiger partial charge in [0.1, 0.15) is 0 Å². The van der Waals surface area contributed by atoms with E-state index in [2.05, 4.69) is 20.7 Å². The summed E-state index contributed by atoms with van der Waals surface area (Å²) in [7, 11) is 1.91. The molecule has 0 aromatic carbocycles. The number of pyridine rings is 1. The number of hydrogen-bond acceptors (Lipinski definition) is 4. The van der Waals surface area contributed by atoms with Gasteiger partial charge in [-0.15, -0.1) is 11.3 Å². The summed E-state index contributed by atoms with van der Waals surface area (Å²) in [5, 5.41) is 6.12. The average Bonchev–Trinajstić information content (AvgIpc) is 3.24. The fourth-order valence-corrected chi connectivity index (χ4v) is 3.23. The number of carbonyl (C=O) groups excluding carboxylic acids is 1. The van der Waals surface area contributed by atoms with E-state index in [-0.39, 0.29) is 5.91 Å². The van der Waals surface area contributed by atoms with Crippen LogP contribution in [0.4, 0.5) is 0 Å². The van der Waals surface area contributed by atoms with Crippen molar-refractivity contribution in [3.63, 3.8) is 0 Å². The predicted molar refractivity (Wildman–Crippen MR) is 96.0 cm³/mol. The van der Waals surface area contributed by atoms with Gasteiger partial charge in [0.2, 0.25) is 0 Å².